The van der Waals surface area contributed by atoms with Gasteiger partial charge < -0.3 is 19.1 Å². The summed E-state index contributed by atoms with van der Waals surface area (Å²) >= 11 is 0. The average Bonchev–Trinajstić information content (AvgIpc) is 3.57. The minimum Gasteiger partial charge on any atom is -0.497 e. The van der Waals surface area contributed by atoms with Gasteiger partial charge in [-0.2, -0.15) is 5.10 Å². The Morgan fingerprint density at radius 1 is 1.00 bits per heavy atom. The Morgan fingerprint density at radius 2 is 1.68 bits per heavy atom. The maximum atomic E-state index is 13.7. The number of hydrogen-bond donors (Lipinski definition) is 0. The molecule has 1 fully saturated rings. The standard InChI is InChI=1S/C30H31N3O4/c1-32-30(37-25-17-15-24(35-2)16-18-25)27(28(31-32)22-10-5-3-6-11-22)21-33(20-26-14-9-19-36-26)29(34)23-12-7-4-8-13-23/h3-8,10-13,15-18,26H,9,14,19-21H2,1-2H3/t26-/m1/s1. The van der Waals surface area contributed by atoms with Crippen molar-refractivity contribution in [2.75, 3.05) is 20.3 Å². The lowest BCUT2D eigenvalue weighted by Crippen LogP contribution is -2.37. The molecule has 0 spiro atoms. The van der Waals surface area contributed by atoms with Gasteiger partial charge in [-0.15, -0.1) is 0 Å². The van der Waals surface area contributed by atoms with Crippen LogP contribution in [0.15, 0.2) is 84.9 Å². The van der Waals surface area contributed by atoms with Crippen LogP contribution in [0.4, 0.5) is 0 Å². The molecular formula is C30H31N3O4. The molecule has 1 saturated heterocycles. The van der Waals surface area contributed by atoms with Crippen LogP contribution in [-0.2, 0) is 18.3 Å². The molecule has 4 aromatic rings. The maximum absolute atomic E-state index is 13.7. The number of rotatable bonds is 9. The predicted octanol–water partition coefficient (Wildman–Crippen LogP) is 5.71. The lowest BCUT2D eigenvalue weighted by Gasteiger charge is -2.26. The number of aryl methyl sites for hydroxylation is 1. The van der Waals surface area contributed by atoms with Crippen LogP contribution in [0, 0.1) is 0 Å². The minimum absolute atomic E-state index is 0.00969. The van der Waals surface area contributed by atoms with Crippen molar-refractivity contribution in [3.05, 3.63) is 96.1 Å². The summed E-state index contributed by atoms with van der Waals surface area (Å²) in [5.74, 6) is 1.94. The van der Waals surface area contributed by atoms with E-state index < -0.39 is 0 Å². The van der Waals surface area contributed by atoms with Crippen molar-refractivity contribution in [3.63, 3.8) is 0 Å². The van der Waals surface area contributed by atoms with Crippen molar-refractivity contribution in [1.29, 1.82) is 0 Å². The van der Waals surface area contributed by atoms with Crippen LogP contribution >= 0.6 is 0 Å². The molecule has 7 heteroatoms. The number of carbonyl (C=O) groups is 1. The van der Waals surface area contributed by atoms with Crippen LogP contribution in [0.5, 0.6) is 17.4 Å². The summed E-state index contributed by atoms with van der Waals surface area (Å²) in [6.07, 6.45) is 1.95. The van der Waals surface area contributed by atoms with E-state index in [1.54, 1.807) is 11.8 Å². The number of benzene rings is 3. The number of nitrogens with zero attached hydrogens (tertiary/aromatic N) is 3. The second kappa shape index (κ2) is 11.3. The number of carbonyl (C=O) groups excluding carboxylic acids is 1. The zero-order valence-corrected chi connectivity index (χ0v) is 21.2. The van der Waals surface area contributed by atoms with E-state index in [0.29, 0.717) is 30.3 Å². The molecule has 0 N–H and O–H groups in total. The highest BCUT2D eigenvalue weighted by Gasteiger charge is 2.28. The number of hydrogen-bond acceptors (Lipinski definition) is 5. The summed E-state index contributed by atoms with van der Waals surface area (Å²) < 4.78 is 19.3. The van der Waals surface area contributed by atoms with Gasteiger partial charge in [-0.1, -0.05) is 48.5 Å². The van der Waals surface area contributed by atoms with Crippen LogP contribution in [0.25, 0.3) is 11.3 Å². The molecule has 2 heterocycles. The van der Waals surface area contributed by atoms with Crippen molar-refractivity contribution in [3.8, 4) is 28.6 Å². The molecule has 0 unspecified atom stereocenters. The van der Waals surface area contributed by atoms with Gasteiger partial charge in [0.25, 0.3) is 5.91 Å². The Kier molecular flexibility index (Phi) is 7.51. The van der Waals surface area contributed by atoms with E-state index in [1.165, 1.54) is 0 Å². The molecule has 1 aromatic heterocycles. The molecule has 0 saturated carbocycles. The second-order valence-electron chi connectivity index (χ2n) is 9.09. The monoisotopic (exact) mass is 497 g/mol. The van der Waals surface area contributed by atoms with Crippen LogP contribution < -0.4 is 9.47 Å². The fourth-order valence-corrected chi connectivity index (χ4v) is 4.61. The van der Waals surface area contributed by atoms with Crippen molar-refractivity contribution in [1.82, 2.24) is 14.7 Å². The Hall–Kier alpha value is -4.10. The first-order valence-electron chi connectivity index (χ1n) is 12.5. The maximum Gasteiger partial charge on any atom is 0.254 e. The van der Waals surface area contributed by atoms with E-state index in [2.05, 4.69) is 0 Å². The highest BCUT2D eigenvalue weighted by molar-refractivity contribution is 5.94. The van der Waals surface area contributed by atoms with E-state index in [1.807, 2.05) is 96.9 Å². The van der Waals surface area contributed by atoms with E-state index in [4.69, 9.17) is 19.3 Å². The van der Waals surface area contributed by atoms with Gasteiger partial charge in [0.15, 0.2) is 0 Å². The number of aromatic nitrogens is 2. The van der Waals surface area contributed by atoms with E-state index in [9.17, 15) is 4.79 Å². The van der Waals surface area contributed by atoms with Gasteiger partial charge in [-0.25, -0.2) is 4.68 Å². The quantitative estimate of drug-likeness (QED) is 0.296. The molecule has 1 amide bonds. The van der Waals surface area contributed by atoms with Crippen LogP contribution in [0.2, 0.25) is 0 Å². The molecule has 190 valence electrons. The third-order valence-corrected chi connectivity index (χ3v) is 6.51. The predicted molar refractivity (Wildman–Crippen MR) is 142 cm³/mol. The number of amides is 1. The fraction of sp³-hybridized carbons (Fsp3) is 0.267. The molecule has 1 aliphatic heterocycles. The molecular weight excluding hydrogens is 466 g/mol. The topological polar surface area (TPSA) is 65.8 Å². The smallest absolute Gasteiger partial charge is 0.254 e. The summed E-state index contributed by atoms with van der Waals surface area (Å²) in [6.45, 7) is 1.56. The van der Waals surface area contributed by atoms with Crippen LogP contribution in [0.1, 0.15) is 28.8 Å². The highest BCUT2D eigenvalue weighted by atomic mass is 16.5. The molecule has 37 heavy (non-hydrogen) atoms. The van der Waals surface area contributed by atoms with E-state index >= 15 is 0 Å². The molecule has 0 bridgehead atoms. The van der Waals surface area contributed by atoms with Crippen molar-refractivity contribution >= 4 is 5.91 Å². The summed E-state index contributed by atoms with van der Waals surface area (Å²) in [5, 5.41) is 4.83. The molecule has 3 aromatic carbocycles. The van der Waals surface area contributed by atoms with Gasteiger partial charge in [0, 0.05) is 31.3 Å². The minimum atomic E-state index is -0.0469. The first-order chi connectivity index (χ1) is 18.1. The van der Waals surface area contributed by atoms with Crippen molar-refractivity contribution in [2.45, 2.75) is 25.5 Å². The van der Waals surface area contributed by atoms with E-state index in [-0.39, 0.29) is 12.0 Å². The number of ether oxygens (including phenoxy) is 3. The normalized spacial score (nSPS) is 14.9. The third-order valence-electron chi connectivity index (χ3n) is 6.51. The summed E-state index contributed by atoms with van der Waals surface area (Å²) in [4.78, 5) is 15.6. The lowest BCUT2D eigenvalue weighted by molar-refractivity contribution is 0.0506. The van der Waals surface area contributed by atoms with Gasteiger partial charge in [0.1, 0.15) is 17.2 Å². The highest BCUT2D eigenvalue weighted by Crippen LogP contribution is 2.35. The number of methoxy groups -OCH3 is 1. The summed E-state index contributed by atoms with van der Waals surface area (Å²) in [7, 11) is 3.49. The Bertz CT molecular complexity index is 1310. The van der Waals surface area contributed by atoms with Gasteiger partial charge in [-0.3, -0.25) is 4.79 Å². The largest absolute Gasteiger partial charge is 0.497 e. The summed E-state index contributed by atoms with van der Waals surface area (Å²) in [5.41, 5.74) is 3.22. The van der Waals surface area contributed by atoms with Crippen LogP contribution in [0.3, 0.4) is 0 Å². The van der Waals surface area contributed by atoms with Gasteiger partial charge in [0.05, 0.1) is 25.3 Å². The Balaban J connectivity index is 1.54. The van der Waals surface area contributed by atoms with Crippen molar-refractivity contribution in [2.24, 2.45) is 7.05 Å². The van der Waals surface area contributed by atoms with Crippen LogP contribution in [-0.4, -0.2) is 47.0 Å². The van der Waals surface area contributed by atoms with Crippen molar-refractivity contribution < 1.29 is 19.0 Å². The summed E-state index contributed by atoms with van der Waals surface area (Å²) in [6, 6.07) is 26.8. The SMILES string of the molecule is COc1ccc(Oc2c(CN(C[C@H]3CCCO3)C(=O)c3ccccc3)c(-c3ccccc3)nn2C)cc1. The van der Waals surface area contributed by atoms with E-state index in [0.717, 1.165) is 42.0 Å². The second-order valence-corrected chi connectivity index (χ2v) is 9.09. The van der Waals surface area contributed by atoms with Gasteiger partial charge >= 0.3 is 0 Å². The molecule has 7 nitrogen and oxygen atoms in total. The zero-order valence-electron chi connectivity index (χ0n) is 21.2. The third kappa shape index (κ3) is 5.67. The van der Waals surface area contributed by atoms with Gasteiger partial charge in [-0.05, 0) is 49.2 Å². The molecule has 1 atom stereocenters. The fourth-order valence-electron chi connectivity index (χ4n) is 4.61. The average molecular weight is 498 g/mol. The molecule has 5 rings (SSSR count). The Labute approximate surface area is 217 Å². The Morgan fingerprint density at radius 3 is 2.32 bits per heavy atom. The van der Waals surface area contributed by atoms with Gasteiger partial charge in [0.2, 0.25) is 5.88 Å². The first kappa shape index (κ1) is 24.6. The molecule has 1 aliphatic rings. The zero-order chi connectivity index (χ0) is 25.6. The first-order valence-corrected chi connectivity index (χ1v) is 12.5. The molecule has 0 aliphatic carbocycles. The molecule has 0 radical (unpaired) electrons. The lowest BCUT2D eigenvalue weighted by atomic mass is 10.1.